The molecule has 0 radical (unpaired) electrons. The van der Waals surface area contributed by atoms with Crippen LogP contribution in [0.1, 0.15) is 34.7 Å². The summed E-state index contributed by atoms with van der Waals surface area (Å²) in [4.78, 5) is 24.1. The van der Waals surface area contributed by atoms with Crippen LogP contribution in [-0.4, -0.2) is 17.0 Å². The minimum atomic E-state index is -0.852. The Balaban J connectivity index is 1.52. The summed E-state index contributed by atoms with van der Waals surface area (Å²) < 4.78 is 0. The summed E-state index contributed by atoms with van der Waals surface area (Å²) >= 11 is 0. The highest BCUT2D eigenvalue weighted by molar-refractivity contribution is 5.91. The number of carboxylic acids is 1. The molecule has 0 atom stereocenters. The zero-order valence-electron chi connectivity index (χ0n) is 17.7. The van der Waals surface area contributed by atoms with E-state index in [4.69, 9.17) is 0 Å². The molecule has 0 aliphatic carbocycles. The van der Waals surface area contributed by atoms with Crippen molar-refractivity contribution in [3.05, 3.63) is 119 Å². The van der Waals surface area contributed by atoms with Crippen molar-refractivity contribution >= 4 is 22.6 Å². The Hall–Kier alpha value is -3.92. The first kappa shape index (κ1) is 21.3. The van der Waals surface area contributed by atoms with Crippen molar-refractivity contribution in [1.82, 2.24) is 5.32 Å². The lowest BCUT2D eigenvalue weighted by Crippen LogP contribution is -2.29. The number of amides is 1. The molecule has 4 aromatic carbocycles. The number of aliphatic carboxylic acids is 1. The fraction of sp³-hybridized carbons (Fsp3) is 0.143. The number of carboxylic acid groups (broad SMARTS) is 1. The molecule has 0 aliphatic rings. The van der Waals surface area contributed by atoms with Gasteiger partial charge >= 0.3 is 5.97 Å². The highest BCUT2D eigenvalue weighted by Gasteiger charge is 2.17. The molecule has 4 heteroatoms. The van der Waals surface area contributed by atoms with Gasteiger partial charge in [0.2, 0.25) is 5.91 Å². The van der Waals surface area contributed by atoms with Crippen LogP contribution < -0.4 is 5.32 Å². The van der Waals surface area contributed by atoms with Gasteiger partial charge in [-0.25, -0.2) is 0 Å². The first-order chi connectivity index (χ1) is 15.6. The third kappa shape index (κ3) is 5.03. The van der Waals surface area contributed by atoms with E-state index >= 15 is 0 Å². The zero-order chi connectivity index (χ0) is 22.3. The molecule has 0 aliphatic heterocycles. The van der Waals surface area contributed by atoms with Gasteiger partial charge in [0.15, 0.2) is 0 Å². The quantitative estimate of drug-likeness (QED) is 0.404. The standard InChI is InChI=1S/C28H25NO3/c30-26(29-28(21-9-3-1-4-10-21)22-11-5-2-6-12-22)18-17-20-13-7-16-25-23(19-27(31)32)14-8-15-24(20)25/h1-16,28H,17-19H2,(H,29,30)(H,31,32). The Bertz CT molecular complexity index is 1180. The molecule has 0 unspecified atom stereocenters. The van der Waals surface area contributed by atoms with Crippen LogP contribution in [0.2, 0.25) is 0 Å². The molecule has 2 N–H and O–H groups in total. The maximum absolute atomic E-state index is 12.9. The molecular formula is C28H25NO3. The highest BCUT2D eigenvalue weighted by Crippen LogP contribution is 2.25. The highest BCUT2D eigenvalue weighted by atomic mass is 16.4. The third-order valence-corrected chi connectivity index (χ3v) is 5.64. The average molecular weight is 424 g/mol. The zero-order valence-corrected chi connectivity index (χ0v) is 17.7. The van der Waals surface area contributed by atoms with E-state index in [0.29, 0.717) is 12.8 Å². The summed E-state index contributed by atoms with van der Waals surface area (Å²) in [5.41, 5.74) is 3.90. The maximum atomic E-state index is 12.9. The SMILES string of the molecule is O=C(O)Cc1cccc2c(CCC(=O)NC(c3ccccc3)c3ccccc3)cccc12. The van der Waals surface area contributed by atoms with Crippen LogP contribution in [0.15, 0.2) is 97.1 Å². The van der Waals surface area contributed by atoms with Crippen molar-refractivity contribution in [1.29, 1.82) is 0 Å². The summed E-state index contributed by atoms with van der Waals surface area (Å²) in [7, 11) is 0. The molecule has 0 spiro atoms. The Morgan fingerprint density at radius 1 is 0.688 bits per heavy atom. The molecule has 0 saturated carbocycles. The monoisotopic (exact) mass is 423 g/mol. The number of hydrogen-bond acceptors (Lipinski definition) is 2. The minimum Gasteiger partial charge on any atom is -0.481 e. The molecule has 32 heavy (non-hydrogen) atoms. The van der Waals surface area contributed by atoms with Crippen LogP contribution >= 0.6 is 0 Å². The van der Waals surface area contributed by atoms with E-state index in [1.165, 1.54) is 0 Å². The van der Waals surface area contributed by atoms with Crippen LogP contribution in [0.25, 0.3) is 10.8 Å². The van der Waals surface area contributed by atoms with E-state index in [0.717, 1.165) is 33.0 Å². The Morgan fingerprint density at radius 3 is 1.78 bits per heavy atom. The second-order valence-corrected chi connectivity index (χ2v) is 7.82. The van der Waals surface area contributed by atoms with Crippen LogP contribution in [-0.2, 0) is 22.4 Å². The molecular weight excluding hydrogens is 398 g/mol. The maximum Gasteiger partial charge on any atom is 0.307 e. The molecule has 0 saturated heterocycles. The van der Waals surface area contributed by atoms with Gasteiger partial charge < -0.3 is 10.4 Å². The number of carbonyl (C=O) groups excluding carboxylic acids is 1. The van der Waals surface area contributed by atoms with Gasteiger partial charge in [-0.3, -0.25) is 9.59 Å². The molecule has 0 bridgehead atoms. The van der Waals surface area contributed by atoms with Crippen molar-refractivity contribution in [2.24, 2.45) is 0 Å². The van der Waals surface area contributed by atoms with Gasteiger partial charge in [-0.05, 0) is 39.4 Å². The first-order valence-corrected chi connectivity index (χ1v) is 10.7. The molecule has 0 aromatic heterocycles. The lowest BCUT2D eigenvalue weighted by Gasteiger charge is -2.20. The van der Waals surface area contributed by atoms with E-state index in [-0.39, 0.29) is 18.4 Å². The lowest BCUT2D eigenvalue weighted by atomic mass is 9.95. The van der Waals surface area contributed by atoms with Crippen molar-refractivity contribution in [3.63, 3.8) is 0 Å². The number of nitrogens with one attached hydrogen (secondary N) is 1. The molecule has 4 rings (SSSR count). The van der Waals surface area contributed by atoms with Crippen molar-refractivity contribution in [2.45, 2.75) is 25.3 Å². The molecule has 4 aromatic rings. The number of rotatable bonds is 8. The van der Waals surface area contributed by atoms with Crippen LogP contribution in [0.4, 0.5) is 0 Å². The molecule has 4 nitrogen and oxygen atoms in total. The Labute approximate surface area is 187 Å². The number of fused-ring (bicyclic) bond motifs is 1. The van der Waals surface area contributed by atoms with E-state index in [1.54, 1.807) is 0 Å². The van der Waals surface area contributed by atoms with Gasteiger partial charge in [0.05, 0.1) is 12.5 Å². The molecule has 160 valence electrons. The van der Waals surface area contributed by atoms with Crippen LogP contribution in [0.3, 0.4) is 0 Å². The largest absolute Gasteiger partial charge is 0.481 e. The van der Waals surface area contributed by atoms with Gasteiger partial charge in [0.1, 0.15) is 0 Å². The number of aryl methyl sites for hydroxylation is 1. The Morgan fingerprint density at radius 2 is 1.22 bits per heavy atom. The van der Waals surface area contributed by atoms with Crippen molar-refractivity contribution in [3.8, 4) is 0 Å². The molecule has 0 heterocycles. The van der Waals surface area contributed by atoms with E-state index in [1.807, 2.05) is 97.1 Å². The van der Waals surface area contributed by atoms with Crippen molar-refractivity contribution in [2.75, 3.05) is 0 Å². The first-order valence-electron chi connectivity index (χ1n) is 10.7. The fourth-order valence-electron chi connectivity index (χ4n) is 4.11. The molecule has 0 fully saturated rings. The summed E-state index contributed by atoms with van der Waals surface area (Å²) in [5, 5.41) is 14.3. The smallest absolute Gasteiger partial charge is 0.307 e. The number of hydrogen-bond donors (Lipinski definition) is 2. The summed E-state index contributed by atoms with van der Waals surface area (Å²) in [6.07, 6.45) is 0.908. The van der Waals surface area contributed by atoms with Crippen LogP contribution in [0.5, 0.6) is 0 Å². The van der Waals surface area contributed by atoms with E-state index in [9.17, 15) is 14.7 Å². The number of carbonyl (C=O) groups is 2. The van der Waals surface area contributed by atoms with Gasteiger partial charge in [-0.1, -0.05) is 97.1 Å². The summed E-state index contributed by atoms with van der Waals surface area (Å²) in [6.45, 7) is 0. The normalized spacial score (nSPS) is 10.9. The number of benzene rings is 4. The second-order valence-electron chi connectivity index (χ2n) is 7.82. The lowest BCUT2D eigenvalue weighted by molar-refractivity contribution is -0.136. The van der Waals surface area contributed by atoms with E-state index in [2.05, 4.69) is 5.32 Å². The summed E-state index contributed by atoms with van der Waals surface area (Å²) in [5.74, 6) is -0.878. The van der Waals surface area contributed by atoms with Gasteiger partial charge in [0, 0.05) is 6.42 Å². The average Bonchev–Trinajstić information content (AvgIpc) is 2.82. The van der Waals surface area contributed by atoms with Gasteiger partial charge in [-0.15, -0.1) is 0 Å². The predicted molar refractivity (Wildman–Crippen MR) is 126 cm³/mol. The predicted octanol–water partition coefficient (Wildman–Crippen LogP) is 5.31. The summed E-state index contributed by atoms with van der Waals surface area (Å²) in [6, 6.07) is 31.3. The fourth-order valence-corrected chi connectivity index (χ4v) is 4.11. The van der Waals surface area contributed by atoms with Crippen molar-refractivity contribution < 1.29 is 14.7 Å². The van der Waals surface area contributed by atoms with Gasteiger partial charge in [-0.2, -0.15) is 0 Å². The second kappa shape index (κ2) is 9.92. The third-order valence-electron chi connectivity index (χ3n) is 5.64. The van der Waals surface area contributed by atoms with Crippen LogP contribution in [0, 0.1) is 0 Å². The van der Waals surface area contributed by atoms with E-state index < -0.39 is 5.97 Å². The minimum absolute atomic E-state index is 0.0168. The van der Waals surface area contributed by atoms with Gasteiger partial charge in [0.25, 0.3) is 0 Å². The molecule has 1 amide bonds. The Kier molecular flexibility index (Phi) is 6.61. The topological polar surface area (TPSA) is 66.4 Å².